The molecular weight excluding hydrogens is 292 g/mol. The zero-order valence-electron chi connectivity index (χ0n) is 13.4. The number of hydrogen-bond donors (Lipinski definition) is 1. The molecule has 3 heterocycles. The normalized spacial score (nSPS) is 22.3. The van der Waals surface area contributed by atoms with Crippen molar-refractivity contribution < 1.29 is 9.52 Å². The Bertz CT molecular complexity index is 675. The van der Waals surface area contributed by atoms with Gasteiger partial charge in [-0.2, -0.15) is 0 Å². The highest BCUT2D eigenvalue weighted by Gasteiger charge is 2.45. The molecule has 0 radical (unpaired) electrons. The summed E-state index contributed by atoms with van der Waals surface area (Å²) in [6.45, 7) is 4.88. The number of rotatable bonds is 5. The van der Waals surface area contributed by atoms with Gasteiger partial charge in [0.1, 0.15) is 5.69 Å². The van der Waals surface area contributed by atoms with Crippen molar-refractivity contribution in [2.24, 2.45) is 0 Å². The lowest BCUT2D eigenvalue weighted by Crippen LogP contribution is -2.58. The number of aliphatic hydroxyl groups is 1. The maximum absolute atomic E-state index is 10.2. The molecule has 2 aromatic heterocycles. The monoisotopic (exact) mass is 314 g/mol. The van der Waals surface area contributed by atoms with Crippen LogP contribution in [0.25, 0.3) is 11.6 Å². The Kier molecular flexibility index (Phi) is 3.46. The fourth-order valence-corrected chi connectivity index (χ4v) is 3.50. The molecule has 23 heavy (non-hydrogen) atoms. The van der Waals surface area contributed by atoms with Crippen molar-refractivity contribution in [2.45, 2.75) is 43.6 Å². The summed E-state index contributed by atoms with van der Waals surface area (Å²) in [5, 5.41) is 18.5. The first-order valence-electron chi connectivity index (χ1n) is 8.27. The molecule has 1 aliphatic heterocycles. The van der Waals surface area contributed by atoms with Crippen LogP contribution in [-0.4, -0.2) is 50.4 Å². The van der Waals surface area contributed by atoms with Gasteiger partial charge in [0.05, 0.1) is 11.0 Å². The minimum absolute atomic E-state index is 0.0950. The van der Waals surface area contributed by atoms with Crippen molar-refractivity contribution in [1.82, 2.24) is 20.1 Å². The number of aromatic nitrogens is 3. The summed E-state index contributed by atoms with van der Waals surface area (Å²) in [7, 11) is 0. The van der Waals surface area contributed by atoms with Crippen LogP contribution in [0.5, 0.6) is 0 Å². The fraction of sp³-hybridized carbons (Fsp3) is 0.588. The van der Waals surface area contributed by atoms with Gasteiger partial charge in [0.2, 0.25) is 5.89 Å². The first-order valence-corrected chi connectivity index (χ1v) is 8.27. The lowest BCUT2D eigenvalue weighted by atomic mass is 9.76. The van der Waals surface area contributed by atoms with Crippen molar-refractivity contribution in [3.8, 4) is 11.6 Å². The van der Waals surface area contributed by atoms with Gasteiger partial charge in [0.15, 0.2) is 0 Å². The van der Waals surface area contributed by atoms with Crippen LogP contribution in [0, 0.1) is 0 Å². The Labute approximate surface area is 135 Å². The van der Waals surface area contributed by atoms with E-state index < -0.39 is 5.60 Å². The molecule has 0 spiro atoms. The summed E-state index contributed by atoms with van der Waals surface area (Å²) in [4.78, 5) is 6.59. The largest absolute Gasteiger partial charge is 0.419 e. The molecule has 1 saturated heterocycles. The molecule has 0 aromatic carbocycles. The number of likely N-dealkylation sites (tertiary alicyclic amines) is 1. The third kappa shape index (κ3) is 2.77. The SMILES string of the molecule is CC1(c2nnc(-c3ccccn3)o2)CN(CCC2(O)CCC2)C1. The minimum atomic E-state index is -0.400. The van der Waals surface area contributed by atoms with Crippen molar-refractivity contribution in [3.05, 3.63) is 30.3 Å². The molecule has 1 N–H and O–H groups in total. The molecule has 1 saturated carbocycles. The topological polar surface area (TPSA) is 75.3 Å². The standard InChI is InChI=1S/C17H22N4O2/c1-16(11-21(12-16)10-8-17(22)6-4-7-17)15-20-19-14(23-15)13-5-2-3-9-18-13/h2-3,5,9,22H,4,6-8,10-12H2,1H3. The third-order valence-electron chi connectivity index (χ3n) is 5.15. The predicted octanol–water partition coefficient (Wildman–Crippen LogP) is 2.01. The summed E-state index contributed by atoms with van der Waals surface area (Å²) < 4.78 is 5.84. The molecule has 2 aromatic rings. The molecule has 4 rings (SSSR count). The van der Waals surface area contributed by atoms with E-state index in [0.717, 1.165) is 45.3 Å². The Hall–Kier alpha value is -1.79. The van der Waals surface area contributed by atoms with Gasteiger partial charge < -0.3 is 14.4 Å². The lowest BCUT2D eigenvalue weighted by Gasteiger charge is -2.47. The zero-order chi connectivity index (χ0) is 15.9. The summed E-state index contributed by atoms with van der Waals surface area (Å²) >= 11 is 0. The maximum atomic E-state index is 10.2. The minimum Gasteiger partial charge on any atom is -0.419 e. The highest BCUT2D eigenvalue weighted by Crippen LogP contribution is 2.38. The van der Waals surface area contributed by atoms with E-state index in [2.05, 4.69) is 27.0 Å². The maximum Gasteiger partial charge on any atom is 0.266 e. The smallest absolute Gasteiger partial charge is 0.266 e. The highest BCUT2D eigenvalue weighted by atomic mass is 16.4. The molecule has 0 amide bonds. The van der Waals surface area contributed by atoms with Gasteiger partial charge in [-0.1, -0.05) is 6.07 Å². The van der Waals surface area contributed by atoms with Crippen LogP contribution in [0.15, 0.2) is 28.8 Å². The predicted molar refractivity (Wildman–Crippen MR) is 84.7 cm³/mol. The molecule has 2 fully saturated rings. The van der Waals surface area contributed by atoms with Crippen LogP contribution in [0.2, 0.25) is 0 Å². The second-order valence-corrected chi connectivity index (χ2v) is 7.23. The van der Waals surface area contributed by atoms with Gasteiger partial charge >= 0.3 is 0 Å². The molecular formula is C17H22N4O2. The van der Waals surface area contributed by atoms with Crippen LogP contribution in [0.1, 0.15) is 38.5 Å². The number of hydrogen-bond acceptors (Lipinski definition) is 6. The van der Waals surface area contributed by atoms with E-state index in [-0.39, 0.29) is 5.41 Å². The average molecular weight is 314 g/mol. The van der Waals surface area contributed by atoms with Crippen molar-refractivity contribution in [1.29, 1.82) is 0 Å². The van der Waals surface area contributed by atoms with Crippen LogP contribution >= 0.6 is 0 Å². The second kappa shape index (κ2) is 5.39. The molecule has 2 aliphatic rings. The lowest BCUT2D eigenvalue weighted by molar-refractivity contribution is -0.0569. The zero-order valence-corrected chi connectivity index (χ0v) is 13.4. The summed E-state index contributed by atoms with van der Waals surface area (Å²) in [6, 6.07) is 5.64. The van der Waals surface area contributed by atoms with Gasteiger partial charge in [-0.25, -0.2) is 0 Å². The fourth-order valence-electron chi connectivity index (χ4n) is 3.50. The van der Waals surface area contributed by atoms with E-state index in [0.29, 0.717) is 17.5 Å². The van der Waals surface area contributed by atoms with E-state index >= 15 is 0 Å². The van der Waals surface area contributed by atoms with Crippen LogP contribution in [-0.2, 0) is 5.41 Å². The van der Waals surface area contributed by atoms with Crippen LogP contribution in [0.3, 0.4) is 0 Å². The first-order chi connectivity index (χ1) is 11.1. The quantitative estimate of drug-likeness (QED) is 0.910. The van der Waals surface area contributed by atoms with Gasteiger partial charge in [-0.05, 0) is 44.7 Å². The van der Waals surface area contributed by atoms with Crippen LogP contribution < -0.4 is 0 Å². The van der Waals surface area contributed by atoms with Crippen molar-refractivity contribution in [2.75, 3.05) is 19.6 Å². The second-order valence-electron chi connectivity index (χ2n) is 7.23. The Morgan fingerprint density at radius 2 is 2.09 bits per heavy atom. The van der Waals surface area contributed by atoms with E-state index in [1.165, 1.54) is 0 Å². The summed E-state index contributed by atoms with van der Waals surface area (Å²) in [5.74, 6) is 1.15. The van der Waals surface area contributed by atoms with E-state index in [1.54, 1.807) is 6.20 Å². The molecule has 6 heteroatoms. The third-order valence-corrected chi connectivity index (χ3v) is 5.15. The first kappa shape index (κ1) is 14.8. The van der Waals surface area contributed by atoms with Gasteiger partial charge in [0.25, 0.3) is 5.89 Å². The van der Waals surface area contributed by atoms with Crippen molar-refractivity contribution in [3.63, 3.8) is 0 Å². The van der Waals surface area contributed by atoms with E-state index in [4.69, 9.17) is 4.42 Å². The Morgan fingerprint density at radius 3 is 2.74 bits per heavy atom. The number of nitrogens with zero attached hydrogens (tertiary/aromatic N) is 4. The van der Waals surface area contributed by atoms with Gasteiger partial charge in [-0.3, -0.25) is 4.98 Å². The van der Waals surface area contributed by atoms with E-state index in [9.17, 15) is 5.11 Å². The van der Waals surface area contributed by atoms with Gasteiger partial charge in [0, 0.05) is 25.8 Å². The van der Waals surface area contributed by atoms with E-state index in [1.807, 2.05) is 18.2 Å². The molecule has 122 valence electrons. The summed E-state index contributed by atoms with van der Waals surface area (Å²) in [6.07, 6.45) is 5.65. The summed E-state index contributed by atoms with van der Waals surface area (Å²) in [5.41, 5.74) is 0.212. The molecule has 6 nitrogen and oxygen atoms in total. The van der Waals surface area contributed by atoms with Crippen molar-refractivity contribution >= 4 is 0 Å². The van der Waals surface area contributed by atoms with Gasteiger partial charge in [-0.15, -0.1) is 10.2 Å². The molecule has 0 atom stereocenters. The Morgan fingerprint density at radius 1 is 1.26 bits per heavy atom. The average Bonchev–Trinajstić information content (AvgIpc) is 3.00. The molecule has 1 aliphatic carbocycles. The molecule has 0 bridgehead atoms. The number of pyridine rings is 1. The highest BCUT2D eigenvalue weighted by molar-refractivity contribution is 5.45. The molecule has 0 unspecified atom stereocenters. The Balaban J connectivity index is 1.37. The van der Waals surface area contributed by atoms with Crippen LogP contribution in [0.4, 0.5) is 0 Å².